The topological polar surface area (TPSA) is 73.9 Å². The zero-order valence-corrected chi connectivity index (χ0v) is 12.8. The molecule has 2 rings (SSSR count). The molecule has 7 heteroatoms. The summed E-state index contributed by atoms with van der Waals surface area (Å²) in [7, 11) is 0. The molecule has 7 nitrogen and oxygen atoms in total. The minimum absolute atomic E-state index is 0.0488. The molecule has 21 heavy (non-hydrogen) atoms. The molecule has 0 unspecified atom stereocenters. The third-order valence-corrected chi connectivity index (χ3v) is 3.82. The number of hydrogen-bond acceptors (Lipinski definition) is 4. The van der Waals surface area contributed by atoms with Crippen LogP contribution in [0.2, 0.25) is 0 Å². The molecule has 1 saturated carbocycles. The van der Waals surface area contributed by atoms with E-state index >= 15 is 0 Å². The summed E-state index contributed by atoms with van der Waals surface area (Å²) in [5.74, 6) is 0.0488. The molecular weight excluding hydrogens is 272 g/mol. The summed E-state index contributed by atoms with van der Waals surface area (Å²) in [6.45, 7) is 7.55. The lowest BCUT2D eigenvalue weighted by Crippen LogP contribution is -2.45. The minimum Gasteiger partial charge on any atom is -0.379 e. The molecule has 0 atom stereocenters. The monoisotopic (exact) mass is 298 g/mol. The number of rotatable bonds is 7. The van der Waals surface area contributed by atoms with Gasteiger partial charge in [-0.15, -0.1) is 0 Å². The SMILES string of the molecule is CC(=O)N(CCNC(=O)NC1CC1)CCN1CCOCC1. The molecule has 2 N–H and O–H groups in total. The van der Waals surface area contributed by atoms with Crippen LogP contribution in [-0.2, 0) is 9.53 Å². The number of urea groups is 1. The van der Waals surface area contributed by atoms with Gasteiger partial charge in [-0.1, -0.05) is 0 Å². The molecule has 120 valence electrons. The van der Waals surface area contributed by atoms with Crippen molar-refractivity contribution < 1.29 is 14.3 Å². The van der Waals surface area contributed by atoms with E-state index in [-0.39, 0.29) is 11.9 Å². The summed E-state index contributed by atoms with van der Waals surface area (Å²) in [5.41, 5.74) is 0. The summed E-state index contributed by atoms with van der Waals surface area (Å²) < 4.78 is 5.31. The van der Waals surface area contributed by atoms with Gasteiger partial charge < -0.3 is 20.3 Å². The zero-order chi connectivity index (χ0) is 15.1. The number of hydrogen-bond donors (Lipinski definition) is 2. The maximum absolute atomic E-state index is 11.6. The molecule has 1 saturated heterocycles. The number of nitrogens with one attached hydrogen (secondary N) is 2. The van der Waals surface area contributed by atoms with Crippen LogP contribution in [0.3, 0.4) is 0 Å². The second-order valence-corrected chi connectivity index (χ2v) is 5.63. The van der Waals surface area contributed by atoms with Crippen molar-refractivity contribution in [3.8, 4) is 0 Å². The number of carbonyl (C=O) groups excluding carboxylic acids is 2. The van der Waals surface area contributed by atoms with E-state index < -0.39 is 0 Å². The highest BCUT2D eigenvalue weighted by molar-refractivity contribution is 5.75. The lowest BCUT2D eigenvalue weighted by Gasteiger charge is -2.29. The first-order chi connectivity index (χ1) is 10.1. The molecule has 2 aliphatic rings. The van der Waals surface area contributed by atoms with Crippen LogP contribution in [0.15, 0.2) is 0 Å². The van der Waals surface area contributed by atoms with Crippen molar-refractivity contribution in [3.63, 3.8) is 0 Å². The fourth-order valence-corrected chi connectivity index (χ4v) is 2.28. The van der Waals surface area contributed by atoms with Crippen LogP contribution < -0.4 is 10.6 Å². The Morgan fingerprint density at radius 1 is 1.24 bits per heavy atom. The number of amides is 3. The molecule has 0 aromatic rings. The van der Waals surface area contributed by atoms with Crippen molar-refractivity contribution in [1.82, 2.24) is 20.4 Å². The first-order valence-electron chi connectivity index (χ1n) is 7.75. The largest absolute Gasteiger partial charge is 0.379 e. The molecule has 0 aromatic heterocycles. The number of morpholine rings is 1. The molecule has 3 amide bonds. The fourth-order valence-electron chi connectivity index (χ4n) is 2.28. The standard InChI is InChI=1S/C14H26N4O3/c1-12(19)18(7-6-17-8-10-21-11-9-17)5-4-15-14(20)16-13-2-3-13/h13H,2-11H2,1H3,(H2,15,16,20). The summed E-state index contributed by atoms with van der Waals surface area (Å²) in [4.78, 5) is 27.2. The lowest BCUT2D eigenvalue weighted by atomic mass is 10.3. The van der Waals surface area contributed by atoms with E-state index in [1.807, 2.05) is 0 Å². The Balaban J connectivity index is 1.61. The first-order valence-corrected chi connectivity index (χ1v) is 7.75. The summed E-state index contributed by atoms with van der Waals surface area (Å²) in [5, 5.41) is 5.66. The Bertz CT molecular complexity index is 354. The van der Waals surface area contributed by atoms with E-state index in [0.717, 1.165) is 45.7 Å². The zero-order valence-electron chi connectivity index (χ0n) is 12.8. The Morgan fingerprint density at radius 3 is 2.57 bits per heavy atom. The van der Waals surface area contributed by atoms with Crippen LogP contribution in [0.5, 0.6) is 0 Å². The van der Waals surface area contributed by atoms with Gasteiger partial charge in [0.2, 0.25) is 5.91 Å². The summed E-state index contributed by atoms with van der Waals surface area (Å²) in [6.07, 6.45) is 2.15. The van der Waals surface area contributed by atoms with E-state index in [0.29, 0.717) is 25.7 Å². The summed E-state index contributed by atoms with van der Waals surface area (Å²) >= 11 is 0. The van der Waals surface area contributed by atoms with Crippen LogP contribution in [0.25, 0.3) is 0 Å². The third-order valence-electron chi connectivity index (χ3n) is 3.82. The predicted molar refractivity (Wildman–Crippen MR) is 79.1 cm³/mol. The second-order valence-electron chi connectivity index (χ2n) is 5.63. The van der Waals surface area contributed by atoms with Crippen LogP contribution >= 0.6 is 0 Å². The maximum atomic E-state index is 11.6. The van der Waals surface area contributed by atoms with Gasteiger partial charge in [0.1, 0.15) is 0 Å². The van der Waals surface area contributed by atoms with Gasteiger partial charge in [-0.05, 0) is 12.8 Å². The van der Waals surface area contributed by atoms with Gasteiger partial charge in [0.25, 0.3) is 0 Å². The Hall–Kier alpha value is -1.34. The quantitative estimate of drug-likeness (QED) is 0.672. The average molecular weight is 298 g/mol. The van der Waals surface area contributed by atoms with E-state index in [9.17, 15) is 9.59 Å². The summed E-state index contributed by atoms with van der Waals surface area (Å²) in [6, 6.07) is 0.226. The normalized spacial score (nSPS) is 19.1. The van der Waals surface area contributed by atoms with Crippen molar-refractivity contribution in [3.05, 3.63) is 0 Å². The van der Waals surface area contributed by atoms with Gasteiger partial charge in [-0.3, -0.25) is 9.69 Å². The highest BCUT2D eigenvalue weighted by Crippen LogP contribution is 2.18. The van der Waals surface area contributed by atoms with Crippen LogP contribution in [0, 0.1) is 0 Å². The lowest BCUT2D eigenvalue weighted by molar-refractivity contribution is -0.129. The van der Waals surface area contributed by atoms with Crippen molar-refractivity contribution >= 4 is 11.9 Å². The molecule has 0 aromatic carbocycles. The molecule has 0 spiro atoms. The average Bonchev–Trinajstić information content (AvgIpc) is 3.27. The van der Waals surface area contributed by atoms with Gasteiger partial charge >= 0.3 is 6.03 Å². The van der Waals surface area contributed by atoms with Crippen molar-refractivity contribution in [1.29, 1.82) is 0 Å². The molecule has 0 bridgehead atoms. The van der Waals surface area contributed by atoms with Crippen molar-refractivity contribution in [2.75, 3.05) is 52.5 Å². The number of ether oxygens (including phenoxy) is 1. The molecule has 1 aliphatic carbocycles. The maximum Gasteiger partial charge on any atom is 0.315 e. The highest BCUT2D eigenvalue weighted by Gasteiger charge is 2.23. The van der Waals surface area contributed by atoms with Gasteiger partial charge in [-0.2, -0.15) is 0 Å². The van der Waals surface area contributed by atoms with Crippen molar-refractivity contribution in [2.45, 2.75) is 25.8 Å². The molecule has 2 fully saturated rings. The second kappa shape index (κ2) is 8.19. The number of carbonyl (C=O) groups is 2. The highest BCUT2D eigenvalue weighted by atomic mass is 16.5. The van der Waals surface area contributed by atoms with E-state index in [1.165, 1.54) is 0 Å². The van der Waals surface area contributed by atoms with E-state index in [4.69, 9.17) is 4.74 Å². The Labute approximate surface area is 126 Å². The van der Waals surface area contributed by atoms with Gasteiger partial charge in [0, 0.05) is 52.2 Å². The van der Waals surface area contributed by atoms with Gasteiger partial charge in [-0.25, -0.2) is 4.79 Å². The van der Waals surface area contributed by atoms with Crippen LogP contribution in [-0.4, -0.2) is 80.3 Å². The molecule has 1 aliphatic heterocycles. The first kappa shape index (κ1) is 16.0. The molecule has 1 heterocycles. The molecular formula is C14H26N4O3. The van der Waals surface area contributed by atoms with Gasteiger partial charge in [0.05, 0.1) is 13.2 Å². The third kappa shape index (κ3) is 6.31. The minimum atomic E-state index is -0.130. The molecule has 0 radical (unpaired) electrons. The Morgan fingerprint density at radius 2 is 1.95 bits per heavy atom. The smallest absolute Gasteiger partial charge is 0.315 e. The van der Waals surface area contributed by atoms with Crippen LogP contribution in [0.4, 0.5) is 4.79 Å². The Kier molecular flexibility index (Phi) is 6.25. The van der Waals surface area contributed by atoms with Crippen molar-refractivity contribution in [2.24, 2.45) is 0 Å². The predicted octanol–water partition coefficient (Wildman–Crippen LogP) is -0.371. The van der Waals surface area contributed by atoms with Gasteiger partial charge in [0.15, 0.2) is 0 Å². The van der Waals surface area contributed by atoms with E-state index in [2.05, 4.69) is 15.5 Å². The van der Waals surface area contributed by atoms with E-state index in [1.54, 1.807) is 11.8 Å². The number of nitrogens with zero attached hydrogens (tertiary/aromatic N) is 2. The fraction of sp³-hybridized carbons (Fsp3) is 0.857. The van der Waals surface area contributed by atoms with Crippen LogP contribution in [0.1, 0.15) is 19.8 Å².